The van der Waals surface area contributed by atoms with E-state index < -0.39 is 5.41 Å². The average Bonchev–Trinajstić information content (AvgIpc) is 2.09. The molecule has 0 saturated carbocycles. The predicted octanol–water partition coefficient (Wildman–Crippen LogP) is 5.41. The summed E-state index contributed by atoms with van der Waals surface area (Å²) in [6, 6.07) is 0. The summed E-state index contributed by atoms with van der Waals surface area (Å²) in [5, 5.41) is 0. The van der Waals surface area contributed by atoms with Gasteiger partial charge in [-0.1, -0.05) is 41.5 Å². The Morgan fingerprint density at radius 3 is 1.14 bits per heavy atom. The van der Waals surface area contributed by atoms with Gasteiger partial charge in [-0.05, 0) is 47.0 Å². The zero-order chi connectivity index (χ0) is 18.6. The molecule has 0 aromatic rings. The standard InChI is InChI=1S/C10H20O.C9H18O2/c1-9(2,3)7-8(11)10(4,5)6;1-8(2,3)7(10)11-9(4,5)6/h7H2,1-6H3;1-6H3. The van der Waals surface area contributed by atoms with Gasteiger partial charge in [-0.15, -0.1) is 0 Å². The first-order chi connectivity index (χ1) is 9.26. The topological polar surface area (TPSA) is 43.4 Å². The van der Waals surface area contributed by atoms with E-state index in [0.717, 1.165) is 0 Å². The lowest BCUT2D eigenvalue weighted by atomic mass is 9.80. The van der Waals surface area contributed by atoms with Crippen LogP contribution in [0.3, 0.4) is 0 Å². The summed E-state index contributed by atoms with van der Waals surface area (Å²) >= 11 is 0. The van der Waals surface area contributed by atoms with E-state index >= 15 is 0 Å². The average molecular weight is 315 g/mol. The lowest BCUT2D eigenvalue weighted by Gasteiger charge is -2.25. The Hall–Kier alpha value is -0.860. The van der Waals surface area contributed by atoms with Crippen LogP contribution in [0, 0.1) is 16.2 Å². The number of hydrogen-bond acceptors (Lipinski definition) is 3. The Kier molecular flexibility index (Phi) is 8.10. The molecule has 132 valence electrons. The molecule has 0 N–H and O–H groups in total. The Labute approximate surface area is 138 Å². The predicted molar refractivity (Wildman–Crippen MR) is 93.8 cm³/mol. The van der Waals surface area contributed by atoms with E-state index in [1.807, 2.05) is 62.3 Å². The maximum absolute atomic E-state index is 11.5. The van der Waals surface area contributed by atoms with Crippen LogP contribution in [0.5, 0.6) is 0 Å². The van der Waals surface area contributed by atoms with Crippen LogP contribution in [0.1, 0.15) is 89.5 Å². The van der Waals surface area contributed by atoms with Crippen molar-refractivity contribution in [1.82, 2.24) is 0 Å². The van der Waals surface area contributed by atoms with Crippen LogP contribution in [-0.4, -0.2) is 17.4 Å². The summed E-state index contributed by atoms with van der Waals surface area (Å²) in [4.78, 5) is 22.7. The van der Waals surface area contributed by atoms with Gasteiger partial charge in [-0.2, -0.15) is 0 Å². The van der Waals surface area contributed by atoms with Crippen molar-refractivity contribution in [3.8, 4) is 0 Å². The maximum Gasteiger partial charge on any atom is 0.311 e. The molecule has 3 nitrogen and oxygen atoms in total. The van der Waals surface area contributed by atoms with Crippen LogP contribution in [0.2, 0.25) is 0 Å². The van der Waals surface area contributed by atoms with Crippen molar-refractivity contribution in [2.45, 2.75) is 95.1 Å². The number of carbonyl (C=O) groups is 2. The van der Waals surface area contributed by atoms with Crippen molar-refractivity contribution < 1.29 is 14.3 Å². The zero-order valence-electron chi connectivity index (χ0n) is 16.9. The minimum atomic E-state index is -0.396. The van der Waals surface area contributed by atoms with Gasteiger partial charge in [-0.25, -0.2) is 0 Å². The number of ketones is 1. The molecule has 0 aromatic heterocycles. The fourth-order valence-corrected chi connectivity index (χ4v) is 1.18. The molecule has 0 amide bonds. The maximum atomic E-state index is 11.5. The molecule has 0 aromatic carbocycles. The summed E-state index contributed by atoms with van der Waals surface area (Å²) in [5.74, 6) is 0.204. The van der Waals surface area contributed by atoms with Gasteiger partial charge >= 0.3 is 5.97 Å². The third kappa shape index (κ3) is 14.1. The van der Waals surface area contributed by atoms with Crippen molar-refractivity contribution in [3.05, 3.63) is 0 Å². The smallest absolute Gasteiger partial charge is 0.311 e. The monoisotopic (exact) mass is 314 g/mol. The first kappa shape index (κ1) is 23.4. The normalized spacial score (nSPS) is 13.1. The van der Waals surface area contributed by atoms with E-state index in [0.29, 0.717) is 12.2 Å². The first-order valence-electron chi connectivity index (χ1n) is 8.02. The molecular formula is C19H38O3. The van der Waals surface area contributed by atoms with Crippen LogP contribution >= 0.6 is 0 Å². The van der Waals surface area contributed by atoms with Crippen LogP contribution in [-0.2, 0) is 14.3 Å². The van der Waals surface area contributed by atoms with Crippen LogP contribution in [0.25, 0.3) is 0 Å². The van der Waals surface area contributed by atoms with Gasteiger partial charge in [0.2, 0.25) is 0 Å². The van der Waals surface area contributed by atoms with Gasteiger partial charge in [0, 0.05) is 11.8 Å². The van der Waals surface area contributed by atoms with Crippen molar-refractivity contribution >= 4 is 11.8 Å². The fourth-order valence-electron chi connectivity index (χ4n) is 1.18. The highest BCUT2D eigenvalue weighted by molar-refractivity contribution is 5.84. The molecule has 0 spiro atoms. The second-order valence-corrected chi connectivity index (χ2v) is 10.2. The van der Waals surface area contributed by atoms with E-state index in [2.05, 4.69) is 20.8 Å². The Morgan fingerprint density at radius 1 is 0.682 bits per heavy atom. The van der Waals surface area contributed by atoms with Gasteiger partial charge < -0.3 is 4.74 Å². The van der Waals surface area contributed by atoms with E-state index in [4.69, 9.17) is 4.74 Å². The van der Waals surface area contributed by atoms with Gasteiger partial charge in [0.15, 0.2) is 0 Å². The Bertz CT molecular complexity index is 327. The molecule has 0 aliphatic rings. The third-order valence-corrected chi connectivity index (χ3v) is 2.54. The molecule has 0 bridgehead atoms. The molecule has 22 heavy (non-hydrogen) atoms. The summed E-state index contributed by atoms with van der Waals surface area (Å²) in [7, 11) is 0. The van der Waals surface area contributed by atoms with Crippen LogP contribution in [0.4, 0.5) is 0 Å². The lowest BCUT2D eigenvalue weighted by molar-refractivity contribution is -0.164. The molecule has 3 heteroatoms. The minimum absolute atomic E-state index is 0.129. The highest BCUT2D eigenvalue weighted by Crippen LogP contribution is 2.26. The molecular weight excluding hydrogens is 276 g/mol. The molecule has 0 radical (unpaired) electrons. The van der Waals surface area contributed by atoms with Gasteiger partial charge in [0.1, 0.15) is 11.4 Å². The molecule has 0 aliphatic heterocycles. The van der Waals surface area contributed by atoms with E-state index in [9.17, 15) is 9.59 Å². The molecule has 0 unspecified atom stereocenters. The summed E-state index contributed by atoms with van der Waals surface area (Å²) in [5.41, 5.74) is -0.810. The molecule has 0 saturated heterocycles. The van der Waals surface area contributed by atoms with E-state index in [1.54, 1.807) is 0 Å². The Morgan fingerprint density at radius 2 is 1.05 bits per heavy atom. The van der Waals surface area contributed by atoms with Crippen molar-refractivity contribution in [3.63, 3.8) is 0 Å². The highest BCUT2D eigenvalue weighted by atomic mass is 16.6. The number of carbonyl (C=O) groups excluding carboxylic acids is 2. The van der Waals surface area contributed by atoms with Crippen molar-refractivity contribution in [1.29, 1.82) is 0 Å². The number of Topliss-reactive ketones (excluding diaryl/α,β-unsaturated/α-hetero) is 1. The quantitative estimate of drug-likeness (QED) is 0.608. The van der Waals surface area contributed by atoms with Gasteiger partial charge in [0.25, 0.3) is 0 Å². The number of rotatable bonds is 1. The molecule has 0 atom stereocenters. The molecule has 0 fully saturated rings. The van der Waals surface area contributed by atoms with Crippen LogP contribution in [0.15, 0.2) is 0 Å². The Balaban J connectivity index is 0. The van der Waals surface area contributed by atoms with E-state index in [1.165, 1.54) is 0 Å². The van der Waals surface area contributed by atoms with Crippen LogP contribution < -0.4 is 0 Å². The highest BCUT2D eigenvalue weighted by Gasteiger charge is 2.27. The number of ether oxygens (including phenoxy) is 1. The zero-order valence-corrected chi connectivity index (χ0v) is 16.9. The van der Waals surface area contributed by atoms with Gasteiger partial charge in [0.05, 0.1) is 5.41 Å². The summed E-state index contributed by atoms with van der Waals surface area (Å²) in [6.07, 6.45) is 0.677. The number of esters is 1. The fraction of sp³-hybridized carbons (Fsp3) is 0.895. The SMILES string of the molecule is CC(C)(C)CC(=O)C(C)(C)C.CC(C)(C)OC(=O)C(C)(C)C. The lowest BCUT2D eigenvalue weighted by Crippen LogP contribution is -2.31. The largest absolute Gasteiger partial charge is 0.460 e. The molecule has 0 aliphatic carbocycles. The minimum Gasteiger partial charge on any atom is -0.460 e. The second kappa shape index (κ2) is 7.61. The van der Waals surface area contributed by atoms with Crippen molar-refractivity contribution in [2.75, 3.05) is 0 Å². The summed E-state index contributed by atoms with van der Waals surface area (Å²) < 4.78 is 5.16. The molecule has 0 heterocycles. The van der Waals surface area contributed by atoms with E-state index in [-0.39, 0.29) is 22.4 Å². The summed E-state index contributed by atoms with van der Waals surface area (Å²) in [6.45, 7) is 23.4. The second-order valence-electron chi connectivity index (χ2n) is 10.2. The third-order valence-electron chi connectivity index (χ3n) is 2.54. The van der Waals surface area contributed by atoms with Crippen molar-refractivity contribution in [2.24, 2.45) is 16.2 Å². The first-order valence-corrected chi connectivity index (χ1v) is 8.02. The molecule has 0 rings (SSSR count). The number of hydrogen-bond donors (Lipinski definition) is 0. The van der Waals surface area contributed by atoms with Gasteiger partial charge in [-0.3, -0.25) is 9.59 Å².